The van der Waals surface area contributed by atoms with Gasteiger partial charge in [0.25, 0.3) is 0 Å². The summed E-state index contributed by atoms with van der Waals surface area (Å²) in [6, 6.07) is 0. The Balaban J connectivity index is 2.15. The third-order valence-corrected chi connectivity index (χ3v) is 4.46. The zero-order valence-electron chi connectivity index (χ0n) is 11.0. The van der Waals surface area contributed by atoms with Crippen molar-refractivity contribution in [1.82, 2.24) is 5.32 Å². The summed E-state index contributed by atoms with van der Waals surface area (Å²) in [6.45, 7) is 2.65. The molecule has 1 rings (SSSR count). The van der Waals surface area contributed by atoms with Gasteiger partial charge in [-0.25, -0.2) is 0 Å². The fourth-order valence-corrected chi connectivity index (χ4v) is 3.24. The molecular weight excluding hydrogens is 250 g/mol. The topological polar surface area (TPSA) is 66.4 Å². The molecule has 2 unspecified atom stereocenters. The van der Waals surface area contributed by atoms with E-state index < -0.39 is 5.97 Å². The SMILES string of the molecule is CCCCSCC(=O)NCC1CCCC1C(=O)O. The Morgan fingerprint density at radius 2 is 2.17 bits per heavy atom. The van der Waals surface area contributed by atoms with Crippen LogP contribution in [-0.4, -0.2) is 35.0 Å². The molecule has 0 heterocycles. The Kier molecular flexibility index (Phi) is 7.16. The lowest BCUT2D eigenvalue weighted by atomic mass is 9.96. The average molecular weight is 273 g/mol. The van der Waals surface area contributed by atoms with E-state index in [1.807, 2.05) is 0 Å². The van der Waals surface area contributed by atoms with E-state index in [-0.39, 0.29) is 17.7 Å². The van der Waals surface area contributed by atoms with E-state index in [9.17, 15) is 9.59 Å². The lowest BCUT2D eigenvalue weighted by Gasteiger charge is -2.16. The molecule has 1 saturated carbocycles. The molecule has 1 amide bonds. The first kappa shape index (κ1) is 15.3. The largest absolute Gasteiger partial charge is 0.481 e. The predicted molar refractivity (Wildman–Crippen MR) is 73.7 cm³/mol. The van der Waals surface area contributed by atoms with Crippen LogP contribution in [0.15, 0.2) is 0 Å². The molecule has 1 aliphatic rings. The van der Waals surface area contributed by atoms with Crippen LogP contribution in [0.5, 0.6) is 0 Å². The fraction of sp³-hybridized carbons (Fsp3) is 0.846. The Bertz CT molecular complexity index is 283. The Hall–Kier alpha value is -0.710. The molecule has 0 radical (unpaired) electrons. The van der Waals surface area contributed by atoms with Crippen LogP contribution < -0.4 is 5.32 Å². The quantitative estimate of drug-likeness (QED) is 0.665. The summed E-state index contributed by atoms with van der Waals surface area (Å²) >= 11 is 1.65. The number of rotatable bonds is 8. The first-order valence-electron chi connectivity index (χ1n) is 6.72. The van der Waals surface area contributed by atoms with E-state index in [4.69, 9.17) is 5.11 Å². The molecular formula is C13H23NO3S. The van der Waals surface area contributed by atoms with E-state index in [0.29, 0.717) is 12.3 Å². The summed E-state index contributed by atoms with van der Waals surface area (Å²) in [7, 11) is 0. The molecule has 0 aromatic rings. The van der Waals surface area contributed by atoms with Gasteiger partial charge < -0.3 is 10.4 Å². The number of hydrogen-bond donors (Lipinski definition) is 2. The van der Waals surface area contributed by atoms with E-state index in [1.165, 1.54) is 0 Å². The number of carbonyl (C=O) groups excluding carboxylic acids is 1. The molecule has 4 nitrogen and oxygen atoms in total. The van der Waals surface area contributed by atoms with Crippen molar-refractivity contribution in [3.63, 3.8) is 0 Å². The molecule has 0 aromatic carbocycles. The molecule has 2 N–H and O–H groups in total. The van der Waals surface area contributed by atoms with Gasteiger partial charge in [-0.1, -0.05) is 19.8 Å². The van der Waals surface area contributed by atoms with Crippen molar-refractivity contribution >= 4 is 23.6 Å². The second-order valence-electron chi connectivity index (χ2n) is 4.85. The van der Waals surface area contributed by atoms with Crippen molar-refractivity contribution in [3.8, 4) is 0 Å². The number of hydrogen-bond acceptors (Lipinski definition) is 3. The number of carbonyl (C=O) groups is 2. The first-order chi connectivity index (χ1) is 8.65. The van der Waals surface area contributed by atoms with E-state index in [2.05, 4.69) is 12.2 Å². The third kappa shape index (κ3) is 5.29. The summed E-state index contributed by atoms with van der Waals surface area (Å²) in [4.78, 5) is 22.5. The molecule has 104 valence electrons. The van der Waals surface area contributed by atoms with Gasteiger partial charge in [0.15, 0.2) is 0 Å². The van der Waals surface area contributed by atoms with Gasteiger partial charge in [-0.2, -0.15) is 11.8 Å². The minimum Gasteiger partial charge on any atom is -0.481 e. The second kappa shape index (κ2) is 8.40. The molecule has 1 fully saturated rings. The molecule has 0 spiro atoms. The minimum atomic E-state index is -0.718. The number of carboxylic acid groups (broad SMARTS) is 1. The molecule has 0 aromatic heterocycles. The van der Waals surface area contributed by atoms with Crippen molar-refractivity contribution < 1.29 is 14.7 Å². The van der Waals surface area contributed by atoms with Crippen LogP contribution in [0.1, 0.15) is 39.0 Å². The molecule has 2 atom stereocenters. The van der Waals surface area contributed by atoms with Crippen molar-refractivity contribution in [3.05, 3.63) is 0 Å². The van der Waals surface area contributed by atoms with Gasteiger partial charge in [-0.05, 0) is 30.9 Å². The summed E-state index contributed by atoms with van der Waals surface area (Å²) in [5.74, 6) is 0.677. The number of amides is 1. The number of nitrogens with one attached hydrogen (secondary N) is 1. The first-order valence-corrected chi connectivity index (χ1v) is 7.87. The number of thioether (sulfide) groups is 1. The molecule has 5 heteroatoms. The molecule has 18 heavy (non-hydrogen) atoms. The third-order valence-electron chi connectivity index (χ3n) is 3.41. The zero-order valence-corrected chi connectivity index (χ0v) is 11.8. The van der Waals surface area contributed by atoms with Gasteiger partial charge in [-0.3, -0.25) is 9.59 Å². The molecule has 0 aliphatic heterocycles. The lowest BCUT2D eigenvalue weighted by molar-refractivity contribution is -0.143. The van der Waals surface area contributed by atoms with Gasteiger partial charge in [0, 0.05) is 6.54 Å². The van der Waals surface area contributed by atoms with Crippen molar-refractivity contribution in [2.75, 3.05) is 18.1 Å². The van der Waals surface area contributed by atoms with Gasteiger partial charge >= 0.3 is 5.97 Å². The predicted octanol–water partition coefficient (Wildman–Crippen LogP) is 2.14. The zero-order chi connectivity index (χ0) is 13.4. The van der Waals surface area contributed by atoms with E-state index >= 15 is 0 Å². The number of carboxylic acids is 1. The highest BCUT2D eigenvalue weighted by Crippen LogP contribution is 2.31. The summed E-state index contributed by atoms with van der Waals surface area (Å²) in [5.41, 5.74) is 0. The van der Waals surface area contributed by atoms with Crippen LogP contribution in [0.3, 0.4) is 0 Å². The Morgan fingerprint density at radius 1 is 1.39 bits per heavy atom. The van der Waals surface area contributed by atoms with E-state index in [1.54, 1.807) is 11.8 Å². The second-order valence-corrected chi connectivity index (χ2v) is 5.95. The highest BCUT2D eigenvalue weighted by molar-refractivity contribution is 7.99. The van der Waals surface area contributed by atoms with Crippen LogP contribution in [0.25, 0.3) is 0 Å². The van der Waals surface area contributed by atoms with Gasteiger partial charge in [0.2, 0.25) is 5.91 Å². The highest BCUT2D eigenvalue weighted by atomic mass is 32.2. The number of aliphatic carboxylic acids is 1. The van der Waals surface area contributed by atoms with E-state index in [0.717, 1.165) is 37.9 Å². The molecule has 0 bridgehead atoms. The summed E-state index contributed by atoms with van der Waals surface area (Å²) in [5, 5.41) is 11.9. The molecule has 0 saturated heterocycles. The summed E-state index contributed by atoms with van der Waals surface area (Å²) < 4.78 is 0. The van der Waals surface area contributed by atoms with Crippen molar-refractivity contribution in [2.24, 2.45) is 11.8 Å². The average Bonchev–Trinajstić information content (AvgIpc) is 2.80. The van der Waals surface area contributed by atoms with Crippen molar-refractivity contribution in [2.45, 2.75) is 39.0 Å². The van der Waals surface area contributed by atoms with Crippen molar-refractivity contribution in [1.29, 1.82) is 0 Å². The van der Waals surface area contributed by atoms with Gasteiger partial charge in [-0.15, -0.1) is 0 Å². The summed E-state index contributed by atoms with van der Waals surface area (Å²) in [6.07, 6.45) is 4.92. The molecule has 1 aliphatic carbocycles. The van der Waals surface area contributed by atoms with Crippen LogP contribution in [0, 0.1) is 11.8 Å². The number of unbranched alkanes of at least 4 members (excludes halogenated alkanes) is 1. The lowest BCUT2D eigenvalue weighted by Crippen LogP contribution is -2.34. The van der Waals surface area contributed by atoms with Gasteiger partial charge in [0.05, 0.1) is 11.7 Å². The smallest absolute Gasteiger partial charge is 0.306 e. The Morgan fingerprint density at radius 3 is 2.83 bits per heavy atom. The fourth-order valence-electron chi connectivity index (χ4n) is 2.31. The van der Waals surface area contributed by atoms with Gasteiger partial charge in [0.1, 0.15) is 0 Å². The monoisotopic (exact) mass is 273 g/mol. The highest BCUT2D eigenvalue weighted by Gasteiger charge is 2.32. The Labute approximate surface area is 113 Å². The van der Waals surface area contributed by atoms with Crippen LogP contribution >= 0.6 is 11.8 Å². The normalized spacial score (nSPS) is 22.9. The maximum atomic E-state index is 11.6. The van der Waals surface area contributed by atoms with Crippen LogP contribution in [-0.2, 0) is 9.59 Å². The van der Waals surface area contributed by atoms with Crippen LogP contribution in [0.2, 0.25) is 0 Å². The maximum Gasteiger partial charge on any atom is 0.306 e. The van der Waals surface area contributed by atoms with Crippen LogP contribution in [0.4, 0.5) is 0 Å². The standard InChI is InChI=1S/C13H23NO3S/c1-2-3-7-18-9-12(15)14-8-10-5-4-6-11(10)13(16)17/h10-11H,2-9H2,1H3,(H,14,15)(H,16,17). The maximum absolute atomic E-state index is 11.6. The minimum absolute atomic E-state index is 0.0344.